The molecule has 0 radical (unpaired) electrons. The van der Waals surface area contributed by atoms with E-state index in [2.05, 4.69) is 10.0 Å². The Bertz CT molecular complexity index is 1110. The minimum absolute atomic E-state index is 0.0401. The predicted octanol–water partition coefficient (Wildman–Crippen LogP) is 4.05. The Hall–Kier alpha value is -2.84. The Morgan fingerprint density at radius 2 is 1.77 bits per heavy atom. The van der Waals surface area contributed by atoms with E-state index in [0.717, 1.165) is 0 Å². The lowest BCUT2D eigenvalue weighted by Gasteiger charge is -2.24. The number of sulfonamides is 1. The number of rotatable bonds is 6. The van der Waals surface area contributed by atoms with Crippen LogP contribution in [0.1, 0.15) is 18.4 Å². The lowest BCUT2D eigenvalue weighted by atomic mass is 9.82. The third-order valence-electron chi connectivity index (χ3n) is 4.94. The van der Waals surface area contributed by atoms with Gasteiger partial charge in [-0.15, -0.1) is 0 Å². The fourth-order valence-corrected chi connectivity index (χ4v) is 4.54. The van der Waals surface area contributed by atoms with Crippen molar-refractivity contribution in [3.8, 4) is 0 Å². The number of halogens is 1. The molecule has 1 amide bonds. The number of hydrogen-bond acceptors (Lipinski definition) is 4. The molecule has 0 saturated carbocycles. The summed E-state index contributed by atoms with van der Waals surface area (Å²) in [5.41, 5.74) is 1.28. The van der Waals surface area contributed by atoms with Gasteiger partial charge in [0.2, 0.25) is 5.91 Å². The molecule has 0 unspecified atom stereocenters. The van der Waals surface area contributed by atoms with E-state index in [0.29, 0.717) is 28.4 Å². The van der Waals surface area contributed by atoms with E-state index in [4.69, 9.17) is 11.6 Å². The van der Waals surface area contributed by atoms with Gasteiger partial charge < -0.3 is 10.4 Å². The molecule has 30 heavy (non-hydrogen) atoms. The molecule has 2 aromatic rings. The Balaban J connectivity index is 1.83. The van der Waals surface area contributed by atoms with Crippen LogP contribution in [-0.4, -0.2) is 25.4 Å². The van der Waals surface area contributed by atoms with Crippen LogP contribution in [0.4, 0.5) is 11.4 Å². The average Bonchev–Trinajstić information content (AvgIpc) is 2.69. The number of nitrogens with one attached hydrogen (secondary N) is 2. The second-order valence-electron chi connectivity index (χ2n) is 7.08. The topological polar surface area (TPSA) is 113 Å². The summed E-state index contributed by atoms with van der Waals surface area (Å²) in [6.07, 6.45) is 4.13. The van der Waals surface area contributed by atoms with Crippen LogP contribution in [0.3, 0.4) is 0 Å². The first-order valence-electron chi connectivity index (χ1n) is 9.25. The van der Waals surface area contributed by atoms with Gasteiger partial charge >= 0.3 is 5.97 Å². The third kappa shape index (κ3) is 5.01. The summed E-state index contributed by atoms with van der Waals surface area (Å²) in [7, 11) is -3.92. The summed E-state index contributed by atoms with van der Waals surface area (Å²) >= 11 is 5.90. The molecule has 7 nitrogen and oxygen atoms in total. The number of anilines is 2. The van der Waals surface area contributed by atoms with Gasteiger partial charge in [-0.05, 0) is 55.7 Å². The van der Waals surface area contributed by atoms with Crippen LogP contribution >= 0.6 is 11.6 Å². The number of hydrogen-bond donors (Lipinski definition) is 3. The molecule has 1 aliphatic rings. The largest absolute Gasteiger partial charge is 0.481 e. The van der Waals surface area contributed by atoms with Gasteiger partial charge in [0.25, 0.3) is 10.0 Å². The summed E-state index contributed by atoms with van der Waals surface area (Å²) in [4.78, 5) is 24.2. The summed E-state index contributed by atoms with van der Waals surface area (Å²) < 4.78 is 28.0. The Morgan fingerprint density at radius 3 is 2.43 bits per heavy atom. The minimum Gasteiger partial charge on any atom is -0.481 e. The number of amides is 1. The van der Waals surface area contributed by atoms with E-state index >= 15 is 0 Å². The third-order valence-corrected chi connectivity index (χ3v) is 6.55. The van der Waals surface area contributed by atoms with E-state index in [9.17, 15) is 23.1 Å². The first kappa shape index (κ1) is 21.9. The monoisotopic (exact) mass is 448 g/mol. The van der Waals surface area contributed by atoms with Gasteiger partial charge in [0.15, 0.2) is 0 Å². The molecule has 0 bridgehead atoms. The summed E-state index contributed by atoms with van der Waals surface area (Å²) in [5, 5.41) is 12.5. The van der Waals surface area contributed by atoms with E-state index in [1.54, 1.807) is 43.3 Å². The molecule has 0 saturated heterocycles. The number of benzene rings is 2. The molecule has 1 aliphatic carbocycles. The van der Waals surface area contributed by atoms with Crippen molar-refractivity contribution < 1.29 is 23.1 Å². The maximum Gasteiger partial charge on any atom is 0.307 e. The SMILES string of the molecule is Cc1ccc(S(=O)(=O)Nc2cccc(Cl)c2)cc1NC(=O)[C@H]1CC=CC[C@H]1C(=O)O. The highest BCUT2D eigenvalue weighted by Gasteiger charge is 2.34. The lowest BCUT2D eigenvalue weighted by molar-refractivity contribution is -0.146. The van der Waals surface area contributed by atoms with Crippen molar-refractivity contribution in [1.29, 1.82) is 0 Å². The zero-order chi connectivity index (χ0) is 21.9. The second-order valence-corrected chi connectivity index (χ2v) is 9.19. The first-order valence-corrected chi connectivity index (χ1v) is 11.1. The molecule has 2 aromatic carbocycles. The van der Waals surface area contributed by atoms with E-state index in [1.807, 2.05) is 0 Å². The van der Waals surface area contributed by atoms with Crippen molar-refractivity contribution in [3.63, 3.8) is 0 Å². The highest BCUT2D eigenvalue weighted by Crippen LogP contribution is 2.29. The van der Waals surface area contributed by atoms with Gasteiger partial charge in [-0.25, -0.2) is 8.42 Å². The minimum atomic E-state index is -3.92. The van der Waals surface area contributed by atoms with Gasteiger partial charge in [0, 0.05) is 10.7 Å². The molecule has 9 heteroatoms. The van der Waals surface area contributed by atoms with E-state index < -0.39 is 33.7 Å². The fraction of sp³-hybridized carbons (Fsp3) is 0.238. The average molecular weight is 449 g/mol. The Morgan fingerprint density at radius 1 is 1.07 bits per heavy atom. The van der Waals surface area contributed by atoms with Crippen molar-refractivity contribution in [3.05, 3.63) is 65.2 Å². The van der Waals surface area contributed by atoms with Gasteiger partial charge in [0.05, 0.1) is 22.4 Å². The molecular formula is C21H21ClN2O5S. The van der Waals surface area contributed by atoms with Gasteiger partial charge in [-0.1, -0.05) is 35.9 Å². The molecular weight excluding hydrogens is 428 g/mol. The summed E-state index contributed by atoms with van der Waals surface area (Å²) in [6, 6.07) is 10.7. The molecule has 0 fully saturated rings. The zero-order valence-corrected chi connectivity index (χ0v) is 17.7. The number of allylic oxidation sites excluding steroid dienone is 2. The standard InChI is InChI=1S/C21H21ClN2O5S/c1-13-9-10-16(30(28,29)24-15-6-4-5-14(22)11-15)12-19(13)23-20(25)17-7-2-3-8-18(17)21(26)27/h2-6,9-12,17-18,24H,7-8H2,1H3,(H,23,25)(H,26,27)/t17-,18+/m0/s1. The molecule has 0 spiro atoms. The molecule has 2 atom stereocenters. The summed E-state index contributed by atoms with van der Waals surface area (Å²) in [5.74, 6) is -3.02. The smallest absolute Gasteiger partial charge is 0.307 e. The molecule has 0 aromatic heterocycles. The van der Waals surface area contributed by atoms with Crippen LogP contribution in [0, 0.1) is 18.8 Å². The number of carboxylic acid groups (broad SMARTS) is 1. The van der Waals surface area contributed by atoms with Crippen LogP contribution in [0.5, 0.6) is 0 Å². The van der Waals surface area contributed by atoms with E-state index in [-0.39, 0.29) is 11.3 Å². The molecule has 3 rings (SSSR count). The van der Waals surface area contributed by atoms with Crippen LogP contribution in [-0.2, 0) is 19.6 Å². The Kier molecular flexibility index (Phi) is 6.48. The highest BCUT2D eigenvalue weighted by molar-refractivity contribution is 7.92. The van der Waals surface area contributed by atoms with Crippen molar-refractivity contribution in [2.24, 2.45) is 11.8 Å². The van der Waals surface area contributed by atoms with Crippen molar-refractivity contribution in [2.75, 3.05) is 10.0 Å². The molecule has 3 N–H and O–H groups in total. The zero-order valence-electron chi connectivity index (χ0n) is 16.1. The maximum absolute atomic E-state index is 12.8. The number of carbonyl (C=O) groups is 2. The second kappa shape index (κ2) is 8.89. The molecule has 158 valence electrons. The normalized spacial score (nSPS) is 18.6. The fourth-order valence-electron chi connectivity index (χ4n) is 3.27. The lowest BCUT2D eigenvalue weighted by Crippen LogP contribution is -2.34. The number of aryl methyl sites for hydroxylation is 1. The van der Waals surface area contributed by atoms with Crippen molar-refractivity contribution >= 4 is 44.9 Å². The number of carboxylic acids is 1. The van der Waals surface area contributed by atoms with Crippen molar-refractivity contribution in [1.82, 2.24) is 0 Å². The van der Waals surface area contributed by atoms with Crippen LogP contribution in [0.2, 0.25) is 5.02 Å². The quantitative estimate of drug-likeness (QED) is 0.577. The van der Waals surface area contributed by atoms with E-state index in [1.165, 1.54) is 18.2 Å². The number of carbonyl (C=O) groups excluding carboxylic acids is 1. The highest BCUT2D eigenvalue weighted by atomic mass is 35.5. The summed E-state index contributed by atoms with van der Waals surface area (Å²) in [6.45, 7) is 1.73. The van der Waals surface area contributed by atoms with Gasteiger partial charge in [-0.3, -0.25) is 14.3 Å². The predicted molar refractivity (Wildman–Crippen MR) is 115 cm³/mol. The number of aliphatic carboxylic acids is 1. The van der Waals surface area contributed by atoms with Crippen molar-refractivity contribution in [2.45, 2.75) is 24.7 Å². The van der Waals surface area contributed by atoms with Crippen LogP contribution < -0.4 is 10.0 Å². The maximum atomic E-state index is 12.8. The van der Waals surface area contributed by atoms with Gasteiger partial charge in [-0.2, -0.15) is 0 Å². The Labute approximate surface area is 179 Å². The van der Waals surface area contributed by atoms with Crippen LogP contribution in [0.15, 0.2) is 59.5 Å². The first-order chi connectivity index (χ1) is 14.2. The molecule has 0 aliphatic heterocycles. The molecule has 0 heterocycles. The van der Waals surface area contributed by atoms with Gasteiger partial charge in [0.1, 0.15) is 0 Å². The van der Waals surface area contributed by atoms with Crippen LogP contribution in [0.25, 0.3) is 0 Å².